The average molecular weight is 484 g/mol. The molecule has 35 heavy (non-hydrogen) atoms. The van der Waals surface area contributed by atoms with Crippen LogP contribution in [0.2, 0.25) is 0 Å². The van der Waals surface area contributed by atoms with Gasteiger partial charge in [-0.1, -0.05) is 78.3 Å². The van der Waals surface area contributed by atoms with E-state index in [4.69, 9.17) is 9.05 Å². The van der Waals surface area contributed by atoms with Crippen LogP contribution >= 0.6 is 0 Å². The number of rotatable bonds is 7. The molecule has 1 fully saturated rings. The molecule has 0 aliphatic carbocycles. The number of hydrogen-bond acceptors (Lipinski definition) is 7. The lowest BCUT2D eigenvalue weighted by Gasteiger charge is -2.40. The van der Waals surface area contributed by atoms with Gasteiger partial charge in [-0.2, -0.15) is 18.2 Å². The van der Waals surface area contributed by atoms with Gasteiger partial charge in [0.1, 0.15) is 11.3 Å². The summed E-state index contributed by atoms with van der Waals surface area (Å²) in [7, 11) is 0. The van der Waals surface area contributed by atoms with Crippen LogP contribution in [0.15, 0.2) is 63.6 Å². The van der Waals surface area contributed by atoms with Crippen molar-refractivity contribution in [3.63, 3.8) is 0 Å². The van der Waals surface area contributed by atoms with Crippen molar-refractivity contribution in [1.82, 2.24) is 20.2 Å². The largest absolute Gasteiger partial charge is 0.422 e. The van der Waals surface area contributed by atoms with E-state index in [-0.39, 0.29) is 17.1 Å². The van der Waals surface area contributed by atoms with Gasteiger partial charge in [-0.3, -0.25) is 4.90 Å². The highest BCUT2D eigenvalue weighted by atomic mass is 19.4. The van der Waals surface area contributed by atoms with Crippen molar-refractivity contribution in [1.29, 1.82) is 0 Å². The molecule has 10 heteroatoms. The third kappa shape index (κ3) is 4.71. The minimum absolute atomic E-state index is 0.0976. The second-order valence-electron chi connectivity index (χ2n) is 8.65. The molecule has 2 aromatic heterocycles. The summed E-state index contributed by atoms with van der Waals surface area (Å²) in [5.41, 5.74) is 0.0984. The summed E-state index contributed by atoms with van der Waals surface area (Å²) < 4.78 is 51.9. The first-order valence-corrected chi connectivity index (χ1v) is 11.3. The van der Waals surface area contributed by atoms with Gasteiger partial charge < -0.3 is 14.2 Å². The van der Waals surface area contributed by atoms with Crippen LogP contribution in [0.25, 0.3) is 34.3 Å². The molecule has 182 valence electrons. The van der Waals surface area contributed by atoms with Gasteiger partial charge in [0.05, 0.1) is 6.10 Å². The average Bonchev–Trinajstić information content (AvgIpc) is 3.49. The van der Waals surface area contributed by atoms with Crippen molar-refractivity contribution in [3.05, 3.63) is 65.7 Å². The van der Waals surface area contributed by atoms with E-state index in [0.29, 0.717) is 18.0 Å². The number of nitrogens with zero attached hydrogens (tertiary/aromatic N) is 4. The molecule has 0 spiro atoms. The van der Waals surface area contributed by atoms with Crippen LogP contribution in [0.5, 0.6) is 0 Å². The normalized spacial score (nSPS) is 15.8. The maximum Gasteiger partial charge on any atom is 0.422 e. The van der Waals surface area contributed by atoms with Crippen molar-refractivity contribution < 1.29 is 27.3 Å². The second kappa shape index (κ2) is 9.27. The van der Waals surface area contributed by atoms with Gasteiger partial charge in [-0.25, -0.2) is 0 Å². The summed E-state index contributed by atoms with van der Waals surface area (Å²) in [5.74, 6) is -0.264. The molecule has 1 N–H and O–H groups in total. The lowest BCUT2D eigenvalue weighted by atomic mass is 9.96. The Morgan fingerprint density at radius 2 is 1.71 bits per heavy atom. The molecule has 1 saturated heterocycles. The zero-order chi connectivity index (χ0) is 24.6. The summed E-state index contributed by atoms with van der Waals surface area (Å²) in [5, 5.41) is 18.0. The number of likely N-dealkylation sites (tertiary alicyclic amines) is 1. The molecular formula is C25H23F3N4O3. The van der Waals surface area contributed by atoms with Crippen LogP contribution in [-0.4, -0.2) is 44.9 Å². The zero-order valence-corrected chi connectivity index (χ0v) is 18.9. The van der Waals surface area contributed by atoms with Crippen molar-refractivity contribution in [2.45, 2.75) is 25.6 Å². The zero-order valence-electron chi connectivity index (χ0n) is 18.9. The first-order valence-electron chi connectivity index (χ1n) is 11.3. The predicted molar refractivity (Wildman–Crippen MR) is 121 cm³/mol. The first-order chi connectivity index (χ1) is 16.8. The molecule has 2 aromatic carbocycles. The lowest BCUT2D eigenvalue weighted by Crippen LogP contribution is -2.47. The van der Waals surface area contributed by atoms with E-state index in [0.717, 1.165) is 25.1 Å². The van der Waals surface area contributed by atoms with E-state index in [2.05, 4.69) is 27.1 Å². The summed E-state index contributed by atoms with van der Waals surface area (Å²) in [4.78, 5) is 6.32. The molecular weight excluding hydrogens is 461 g/mol. The number of benzene rings is 2. The fourth-order valence-electron chi connectivity index (χ4n) is 4.21. The molecule has 0 amide bonds. The maximum absolute atomic E-state index is 13.9. The Kier molecular flexibility index (Phi) is 6.16. The van der Waals surface area contributed by atoms with Crippen LogP contribution in [-0.2, 0) is 6.18 Å². The molecule has 5 rings (SSSR count). The van der Waals surface area contributed by atoms with E-state index in [1.807, 2.05) is 0 Å². The Morgan fingerprint density at radius 1 is 1.00 bits per heavy atom. The van der Waals surface area contributed by atoms with Crippen molar-refractivity contribution >= 4 is 0 Å². The molecule has 0 saturated carbocycles. The molecule has 0 radical (unpaired) electrons. The summed E-state index contributed by atoms with van der Waals surface area (Å²) in [6.07, 6.45) is -4.25. The van der Waals surface area contributed by atoms with E-state index in [9.17, 15) is 18.3 Å². The van der Waals surface area contributed by atoms with Crippen molar-refractivity contribution in [2.24, 2.45) is 5.92 Å². The first kappa shape index (κ1) is 23.3. The van der Waals surface area contributed by atoms with Gasteiger partial charge in [0.15, 0.2) is 0 Å². The van der Waals surface area contributed by atoms with E-state index >= 15 is 0 Å². The third-order valence-electron chi connectivity index (χ3n) is 6.24. The summed E-state index contributed by atoms with van der Waals surface area (Å²) in [6, 6.07) is 14.8. The Labute approximate surface area is 199 Å². The lowest BCUT2D eigenvalue weighted by molar-refractivity contribution is -0.136. The number of β-amino-alcohol motifs (C(OH)–C–C–N with tert-alkyl or cyclic N) is 1. The van der Waals surface area contributed by atoms with Gasteiger partial charge >= 0.3 is 6.18 Å². The number of hydrogen-bond donors (Lipinski definition) is 1. The predicted octanol–water partition coefficient (Wildman–Crippen LogP) is 5.45. The summed E-state index contributed by atoms with van der Waals surface area (Å²) in [6.45, 7) is 4.70. The number of aliphatic hydroxyl groups is 1. The highest BCUT2D eigenvalue weighted by Gasteiger charge is 2.43. The number of aliphatic hydroxyl groups excluding tert-OH is 1. The van der Waals surface area contributed by atoms with E-state index in [1.165, 1.54) is 12.1 Å². The molecule has 1 unspecified atom stereocenters. The van der Waals surface area contributed by atoms with Crippen molar-refractivity contribution in [2.75, 3.05) is 19.6 Å². The molecule has 1 aliphatic heterocycles. The quantitative estimate of drug-likeness (QED) is 0.373. The van der Waals surface area contributed by atoms with Crippen molar-refractivity contribution in [3.8, 4) is 34.3 Å². The Bertz CT molecular complexity index is 1280. The number of halogens is 3. The van der Waals surface area contributed by atoms with Gasteiger partial charge in [0, 0.05) is 30.8 Å². The second-order valence-corrected chi connectivity index (χ2v) is 8.65. The van der Waals surface area contributed by atoms with Gasteiger partial charge in [-0.15, -0.1) is 0 Å². The van der Waals surface area contributed by atoms with Crippen LogP contribution in [0, 0.1) is 5.92 Å². The fraction of sp³-hybridized carbons (Fsp3) is 0.320. The molecule has 7 nitrogen and oxygen atoms in total. The van der Waals surface area contributed by atoms with Crippen LogP contribution in [0.1, 0.15) is 30.6 Å². The fourth-order valence-corrected chi connectivity index (χ4v) is 4.21. The Hall–Kier alpha value is -3.50. The Balaban J connectivity index is 1.36. The highest BCUT2D eigenvalue weighted by molar-refractivity contribution is 5.71. The van der Waals surface area contributed by atoms with Crippen LogP contribution in [0.3, 0.4) is 0 Å². The molecule has 1 aliphatic rings. The minimum Gasteiger partial charge on any atom is -0.387 e. The number of aromatic nitrogens is 3. The SMILES string of the molecule is CCC1CN(CC(O)c2ccc(-c3noc(-c4onc(-c5ccccc5)c4C(F)(F)F)n3)cc2)C1. The number of alkyl halides is 3. The van der Waals surface area contributed by atoms with Crippen LogP contribution in [0.4, 0.5) is 13.2 Å². The smallest absolute Gasteiger partial charge is 0.387 e. The van der Waals surface area contributed by atoms with Gasteiger partial charge in [0.2, 0.25) is 11.6 Å². The molecule has 1 atom stereocenters. The van der Waals surface area contributed by atoms with E-state index in [1.54, 1.807) is 42.5 Å². The van der Waals surface area contributed by atoms with Crippen LogP contribution < -0.4 is 0 Å². The molecule has 3 heterocycles. The maximum atomic E-state index is 13.9. The minimum atomic E-state index is -4.75. The standard InChI is InChI=1S/C25H23F3N4O3/c1-2-15-12-32(13-15)14-19(33)16-8-10-18(11-9-16)23-29-24(35-31-23)22-20(25(26,27)28)21(30-34-22)17-6-4-3-5-7-17/h3-11,15,19,33H,2,12-14H2,1H3. The van der Waals surface area contributed by atoms with Gasteiger partial charge in [-0.05, 0) is 11.5 Å². The summed E-state index contributed by atoms with van der Waals surface area (Å²) >= 11 is 0. The highest BCUT2D eigenvalue weighted by Crippen LogP contribution is 2.43. The van der Waals surface area contributed by atoms with Gasteiger partial charge in [0.25, 0.3) is 5.89 Å². The van der Waals surface area contributed by atoms with E-state index < -0.39 is 29.5 Å². The Morgan fingerprint density at radius 3 is 2.37 bits per heavy atom. The molecule has 0 bridgehead atoms. The monoisotopic (exact) mass is 484 g/mol. The third-order valence-corrected chi connectivity index (χ3v) is 6.24. The molecule has 4 aromatic rings. The topological polar surface area (TPSA) is 88.4 Å².